The number of carbonyl (C=O) groups is 2. The molecule has 0 saturated carbocycles. The van der Waals surface area contributed by atoms with Crippen molar-refractivity contribution in [2.45, 2.75) is 0 Å². The van der Waals surface area contributed by atoms with Gasteiger partial charge in [-0.1, -0.05) is 109 Å². The van der Waals surface area contributed by atoms with Crippen molar-refractivity contribution in [3.63, 3.8) is 0 Å². The summed E-state index contributed by atoms with van der Waals surface area (Å²) in [6.07, 6.45) is 0. The highest BCUT2D eigenvalue weighted by atomic mass is 79.9. The van der Waals surface area contributed by atoms with E-state index in [9.17, 15) is 9.59 Å². The zero-order valence-electron chi connectivity index (χ0n) is 25.1. The Balaban J connectivity index is 1.26. The van der Waals surface area contributed by atoms with Gasteiger partial charge in [-0.25, -0.2) is 9.59 Å². The topological polar surface area (TPSA) is 43.4 Å². The molecule has 3 nitrogen and oxygen atoms in total. The normalized spacial score (nSPS) is 12.2. The van der Waals surface area contributed by atoms with Crippen molar-refractivity contribution in [2.75, 3.05) is 0 Å². The molecule has 0 aliphatic heterocycles. The second-order valence-corrected chi connectivity index (χ2v) is 15.5. The Bertz CT molecular complexity index is 2890. The molecule has 0 radical (unpaired) electrons. The van der Waals surface area contributed by atoms with Crippen molar-refractivity contribution < 1.29 is 14.3 Å². The van der Waals surface area contributed by atoms with Gasteiger partial charge in [-0.3, -0.25) is 0 Å². The molecular weight excluding hydrogens is 872 g/mol. The van der Waals surface area contributed by atoms with Crippen LogP contribution >= 0.6 is 63.7 Å². The highest BCUT2D eigenvalue weighted by molar-refractivity contribution is 9.13. The van der Waals surface area contributed by atoms with Crippen LogP contribution in [0.4, 0.5) is 0 Å². The first-order valence-electron chi connectivity index (χ1n) is 15.5. The Morgan fingerprint density at radius 2 is 0.653 bits per heavy atom. The molecule has 0 saturated heterocycles. The van der Waals surface area contributed by atoms with E-state index in [1.165, 1.54) is 0 Å². The van der Waals surface area contributed by atoms with E-state index in [-0.39, 0.29) is 0 Å². The number of fused-ring (bicyclic) bond motifs is 4. The minimum absolute atomic E-state index is 0.292. The number of halogens is 4. The molecule has 0 unspecified atom stereocenters. The zero-order chi connectivity index (χ0) is 33.3. The van der Waals surface area contributed by atoms with Gasteiger partial charge in [0.25, 0.3) is 0 Å². The largest absolute Gasteiger partial charge is 0.386 e. The molecule has 49 heavy (non-hydrogen) atoms. The summed E-state index contributed by atoms with van der Waals surface area (Å²) in [6, 6.07) is 37.1. The number of ether oxygens (including phenoxy) is 1. The van der Waals surface area contributed by atoms with E-state index in [2.05, 4.69) is 124 Å². The van der Waals surface area contributed by atoms with E-state index >= 15 is 0 Å². The summed E-state index contributed by atoms with van der Waals surface area (Å²) < 4.78 is 8.49. The Morgan fingerprint density at radius 1 is 0.347 bits per heavy atom. The van der Waals surface area contributed by atoms with Crippen molar-refractivity contribution in [3.8, 4) is 0 Å². The minimum Gasteiger partial charge on any atom is -0.386 e. The van der Waals surface area contributed by atoms with Crippen LogP contribution in [0, 0.1) is 0 Å². The Hall–Kier alpha value is -4.14. The summed E-state index contributed by atoms with van der Waals surface area (Å²) in [7, 11) is 0. The summed E-state index contributed by atoms with van der Waals surface area (Å²) in [5.74, 6) is -1.47. The van der Waals surface area contributed by atoms with Crippen LogP contribution in [0.1, 0.15) is 20.7 Å². The smallest absolute Gasteiger partial charge is 0.347 e. The fourth-order valence-corrected chi connectivity index (χ4v) is 10.2. The van der Waals surface area contributed by atoms with Gasteiger partial charge in [0, 0.05) is 28.7 Å². The second-order valence-electron chi connectivity index (χ2n) is 12.3. The number of benzene rings is 10. The fourth-order valence-electron chi connectivity index (χ4n) is 8.04. The lowest BCUT2D eigenvalue weighted by Crippen LogP contribution is -2.16. The minimum atomic E-state index is -0.737. The fraction of sp³-hybridized carbons (Fsp3) is 0. The maximum Gasteiger partial charge on any atom is 0.347 e. The van der Waals surface area contributed by atoms with E-state index in [0.717, 1.165) is 95.1 Å². The van der Waals surface area contributed by atoms with E-state index in [0.29, 0.717) is 20.1 Å². The van der Waals surface area contributed by atoms with Crippen molar-refractivity contribution in [2.24, 2.45) is 0 Å². The molecular formula is C42H18Br4O3. The second kappa shape index (κ2) is 10.7. The van der Waals surface area contributed by atoms with Gasteiger partial charge in [-0.05, 0) is 139 Å². The molecule has 7 heteroatoms. The molecule has 0 aliphatic carbocycles. The van der Waals surface area contributed by atoms with Gasteiger partial charge in [0.05, 0.1) is 11.1 Å². The molecule has 0 bridgehead atoms. The molecule has 10 aromatic carbocycles. The van der Waals surface area contributed by atoms with Gasteiger partial charge in [0.15, 0.2) is 0 Å². The number of esters is 2. The van der Waals surface area contributed by atoms with Crippen LogP contribution in [0.5, 0.6) is 0 Å². The molecule has 0 atom stereocenters. The van der Waals surface area contributed by atoms with Crippen molar-refractivity contribution in [3.05, 3.63) is 138 Å². The van der Waals surface area contributed by atoms with Gasteiger partial charge < -0.3 is 4.74 Å². The van der Waals surface area contributed by atoms with E-state index in [1.807, 2.05) is 48.5 Å². The molecule has 10 rings (SSSR count). The number of rotatable bonds is 2. The average molecular weight is 890 g/mol. The van der Waals surface area contributed by atoms with Crippen LogP contribution in [-0.2, 0) is 4.74 Å². The molecule has 0 fully saturated rings. The Labute approximate surface area is 312 Å². The third-order valence-corrected chi connectivity index (χ3v) is 14.2. The average Bonchev–Trinajstić information content (AvgIpc) is 3.12. The van der Waals surface area contributed by atoms with Gasteiger partial charge in [0.1, 0.15) is 0 Å². The van der Waals surface area contributed by atoms with Crippen LogP contribution in [-0.4, -0.2) is 11.9 Å². The van der Waals surface area contributed by atoms with Crippen LogP contribution < -0.4 is 0 Å². The lowest BCUT2D eigenvalue weighted by atomic mass is 9.87. The highest BCUT2D eigenvalue weighted by Gasteiger charge is 2.30. The first-order valence-corrected chi connectivity index (χ1v) is 18.7. The maximum atomic E-state index is 14.6. The predicted molar refractivity (Wildman–Crippen MR) is 216 cm³/mol. The predicted octanol–water partition coefficient (Wildman–Crippen LogP) is 13.8. The van der Waals surface area contributed by atoms with Gasteiger partial charge in [0.2, 0.25) is 0 Å². The highest BCUT2D eigenvalue weighted by Crippen LogP contribution is 2.49. The summed E-state index contributed by atoms with van der Waals surface area (Å²) in [4.78, 5) is 29.2. The molecule has 0 aromatic heterocycles. The SMILES string of the molecule is O=C(OC(=O)c1c(Br)c(Br)c2cccc3c4cccc5cccc(c1c23)c54)c1c(Br)c(Br)c2cccc3c4cccc5cccc(c1c23)c54. The van der Waals surface area contributed by atoms with Crippen molar-refractivity contribution in [1.82, 2.24) is 0 Å². The van der Waals surface area contributed by atoms with E-state index in [4.69, 9.17) is 4.74 Å². The van der Waals surface area contributed by atoms with Crippen LogP contribution in [0.25, 0.3) is 86.2 Å². The van der Waals surface area contributed by atoms with Crippen LogP contribution in [0.15, 0.2) is 127 Å². The first kappa shape index (κ1) is 29.7. The third kappa shape index (κ3) is 3.93. The first-order chi connectivity index (χ1) is 23.8. The molecule has 0 spiro atoms. The third-order valence-electron chi connectivity index (χ3n) is 9.95. The summed E-state index contributed by atoms with van der Waals surface area (Å²) in [6.45, 7) is 0. The number of hydrogen-bond donors (Lipinski definition) is 0. The van der Waals surface area contributed by atoms with E-state index in [1.54, 1.807) is 0 Å². The lowest BCUT2D eigenvalue weighted by Gasteiger charge is -2.20. The number of hydrogen-bond acceptors (Lipinski definition) is 3. The summed E-state index contributed by atoms with van der Waals surface area (Å²) in [5.41, 5.74) is 0.583. The van der Waals surface area contributed by atoms with Crippen molar-refractivity contribution >= 4 is 162 Å². The zero-order valence-corrected chi connectivity index (χ0v) is 31.5. The molecule has 10 aromatic rings. The Kier molecular flexibility index (Phi) is 6.48. The Morgan fingerprint density at radius 3 is 1.04 bits per heavy atom. The quantitative estimate of drug-likeness (QED) is 0.0752. The molecule has 232 valence electrons. The molecule has 0 amide bonds. The van der Waals surface area contributed by atoms with Gasteiger partial charge >= 0.3 is 11.9 Å². The lowest BCUT2D eigenvalue weighted by molar-refractivity contribution is 0.0399. The van der Waals surface area contributed by atoms with Gasteiger partial charge in [-0.15, -0.1) is 0 Å². The van der Waals surface area contributed by atoms with Crippen molar-refractivity contribution in [1.29, 1.82) is 0 Å². The molecule has 0 N–H and O–H groups in total. The van der Waals surface area contributed by atoms with E-state index < -0.39 is 11.9 Å². The monoisotopic (exact) mass is 886 g/mol. The summed E-state index contributed by atoms with van der Waals surface area (Å²) in [5, 5.41) is 15.6. The van der Waals surface area contributed by atoms with Gasteiger partial charge in [-0.2, -0.15) is 0 Å². The number of carbonyl (C=O) groups excluding carboxylic acids is 2. The maximum absolute atomic E-state index is 14.6. The standard InChI is InChI=1S/C42H18Br4O3/c43-37-27-17-5-13-23-21-11-1-7-19-9-3-15-25(29(19)21)33(31(23)27)35(39(37)45)41(47)49-42(48)36-34-26-16-4-10-20-8-2-12-22(30(20)26)24-14-6-18-28(32(24)34)38(44)40(36)46/h1-18H. The molecule has 0 aliphatic rings. The molecule has 0 heterocycles. The summed E-state index contributed by atoms with van der Waals surface area (Å²) >= 11 is 15.0. The van der Waals surface area contributed by atoms with Crippen LogP contribution in [0.3, 0.4) is 0 Å². The van der Waals surface area contributed by atoms with Crippen LogP contribution in [0.2, 0.25) is 0 Å².